The Hall–Kier alpha value is -7.20. The fourth-order valence-electron chi connectivity index (χ4n) is 17.1. The van der Waals surface area contributed by atoms with E-state index in [1.165, 1.54) is 37.9 Å². The highest BCUT2D eigenvalue weighted by Crippen LogP contribution is 2.70. The second-order valence-electron chi connectivity index (χ2n) is 21.3. The molecule has 3 nitrogen and oxygen atoms in total. The molecule has 0 amide bonds. The molecule has 3 unspecified atom stereocenters. The Morgan fingerprint density at radius 1 is 0.492 bits per heavy atom. The third-order valence-electron chi connectivity index (χ3n) is 18.8. The number of likely N-dealkylation sites (N-methyl/N-ethyl adjacent to an activating group) is 1. The Bertz CT molecular complexity index is 4780. The number of hydrogen-bond acceptors (Lipinski definition) is 3. The highest BCUT2D eigenvalue weighted by molar-refractivity contribution is 6.63. The molecule has 20 rings (SSSR count). The van der Waals surface area contributed by atoms with Gasteiger partial charge >= 0.3 is 0 Å². The van der Waals surface area contributed by atoms with Gasteiger partial charge in [0.15, 0.2) is 11.5 Å². The molecule has 0 N–H and O–H groups in total. The van der Waals surface area contributed by atoms with Gasteiger partial charge in [0.25, 0.3) is 0 Å². The molecule has 3 heteroatoms. The van der Waals surface area contributed by atoms with Crippen molar-refractivity contribution in [3.05, 3.63) is 153 Å². The number of fused-ring (bicyclic) bond motifs is 1. The van der Waals surface area contributed by atoms with Crippen LogP contribution in [0.3, 0.4) is 0 Å². The van der Waals surface area contributed by atoms with Crippen LogP contribution in [0.1, 0.15) is 45.8 Å². The number of rotatable bonds is 7. The van der Waals surface area contributed by atoms with Gasteiger partial charge < -0.3 is 9.47 Å². The van der Waals surface area contributed by atoms with Crippen molar-refractivity contribution in [2.45, 2.75) is 43.9 Å². The Morgan fingerprint density at radius 3 is 1.74 bits per heavy atom. The Morgan fingerprint density at radius 2 is 1.05 bits per heavy atom. The summed E-state index contributed by atoms with van der Waals surface area (Å²) in [5.74, 6) is 2.03. The van der Waals surface area contributed by atoms with Crippen molar-refractivity contribution in [1.82, 2.24) is 4.90 Å². The van der Waals surface area contributed by atoms with E-state index < -0.39 is 0 Å². The summed E-state index contributed by atoms with van der Waals surface area (Å²) in [6.45, 7) is 2.03. The molecule has 15 aromatic carbocycles. The largest absolute Gasteiger partial charge is 0.485 e. The van der Waals surface area contributed by atoms with Crippen molar-refractivity contribution >= 4 is 130 Å². The Kier molecular flexibility index (Phi) is 4.66. The quantitative estimate of drug-likeness (QED) is 0.149. The van der Waals surface area contributed by atoms with Gasteiger partial charge in [-0.2, -0.15) is 0 Å². The van der Waals surface area contributed by atoms with E-state index >= 15 is 0 Å². The van der Waals surface area contributed by atoms with E-state index in [1.807, 2.05) is 0 Å². The SMILES string of the molecule is CN1CC2C3=c4c5c6c7c(cc8cc9cc%10cc%11cc%12c%13c(c4c4c5c5c7c8c7c9c%10c8c%11c%13c4c8c75)=C(C3)C%12)CC62C1c1ccc(OCc2ccccc2)c(OCc2ccccc2)c1. The summed E-state index contributed by atoms with van der Waals surface area (Å²) >= 11 is 0. The first-order valence-electron chi connectivity index (χ1n) is 23.8. The molecule has 15 aromatic rings. The number of hydrogen-bond donors (Lipinski definition) is 0. The van der Waals surface area contributed by atoms with Crippen LogP contribution in [0.2, 0.25) is 0 Å². The highest BCUT2D eigenvalue weighted by Gasteiger charge is 2.62. The fraction of sp³-hybridized carbons (Fsp3) is 0.161. The lowest BCUT2D eigenvalue weighted by atomic mass is 9.60. The molecule has 4 aliphatic carbocycles. The zero-order chi connectivity index (χ0) is 41.2. The molecule has 1 saturated heterocycles. The number of ether oxygens (including phenoxy) is 2. The second-order valence-corrected chi connectivity index (χ2v) is 21.3. The van der Waals surface area contributed by atoms with Gasteiger partial charge in [-0.3, -0.25) is 4.90 Å². The summed E-state index contributed by atoms with van der Waals surface area (Å²) in [6, 6.07) is 41.3. The monoisotopic (exact) mass is 825 g/mol. The Labute approximate surface area is 370 Å². The van der Waals surface area contributed by atoms with Crippen LogP contribution in [0.15, 0.2) is 109 Å². The molecule has 1 aliphatic heterocycles. The van der Waals surface area contributed by atoms with Gasteiger partial charge in [0, 0.05) is 23.9 Å². The topological polar surface area (TPSA) is 21.7 Å². The van der Waals surface area contributed by atoms with Gasteiger partial charge in [-0.15, -0.1) is 0 Å². The number of likely N-dealkylation sites (tertiary alicyclic amines) is 1. The zero-order valence-electron chi connectivity index (χ0n) is 35.6. The van der Waals surface area contributed by atoms with Crippen LogP contribution >= 0.6 is 0 Å². The predicted octanol–water partition coefficient (Wildman–Crippen LogP) is 12.8. The van der Waals surface area contributed by atoms with E-state index in [9.17, 15) is 0 Å². The first-order valence-corrected chi connectivity index (χ1v) is 23.8. The minimum atomic E-state index is -0.128. The van der Waals surface area contributed by atoms with Crippen LogP contribution in [0.5, 0.6) is 11.5 Å². The minimum absolute atomic E-state index is 0.128. The molecular formula is C62H35NO2. The van der Waals surface area contributed by atoms with Gasteiger partial charge in [0.2, 0.25) is 0 Å². The smallest absolute Gasteiger partial charge is 0.162 e. The lowest BCUT2D eigenvalue weighted by molar-refractivity contribution is 0.238. The first-order chi connectivity index (χ1) is 32.1. The minimum Gasteiger partial charge on any atom is -0.485 e. The molecule has 0 aromatic heterocycles. The number of benzene rings is 11. The van der Waals surface area contributed by atoms with Crippen molar-refractivity contribution in [3.63, 3.8) is 0 Å². The third-order valence-corrected chi connectivity index (χ3v) is 18.8. The summed E-state index contributed by atoms with van der Waals surface area (Å²) in [7, 11) is 2.43. The van der Waals surface area contributed by atoms with Gasteiger partial charge in [0.1, 0.15) is 13.2 Å². The lowest BCUT2D eigenvalue weighted by Crippen LogP contribution is -2.43. The van der Waals surface area contributed by atoms with Crippen molar-refractivity contribution in [2.24, 2.45) is 5.92 Å². The van der Waals surface area contributed by atoms with E-state index in [2.05, 4.69) is 121 Å². The maximum absolute atomic E-state index is 6.87. The van der Waals surface area contributed by atoms with E-state index in [1.54, 1.807) is 124 Å². The maximum Gasteiger partial charge on any atom is 0.162 e. The van der Waals surface area contributed by atoms with E-state index in [0.717, 1.165) is 48.4 Å². The zero-order valence-corrected chi connectivity index (χ0v) is 35.6. The molecule has 300 valence electrons. The molecule has 0 radical (unpaired) electrons. The molecule has 5 aliphatic rings. The van der Waals surface area contributed by atoms with Gasteiger partial charge in [0.05, 0.1) is 0 Å². The maximum atomic E-state index is 6.87. The molecule has 0 bridgehead atoms. The molecule has 3 atom stereocenters. The first kappa shape index (κ1) is 31.6. The fourth-order valence-corrected chi connectivity index (χ4v) is 17.1. The van der Waals surface area contributed by atoms with Crippen LogP contribution in [-0.4, -0.2) is 18.5 Å². The van der Waals surface area contributed by atoms with Crippen molar-refractivity contribution in [1.29, 1.82) is 0 Å². The Balaban J connectivity index is 0.931. The normalized spacial score (nSPS) is 21.4. The predicted molar refractivity (Wildman–Crippen MR) is 266 cm³/mol. The van der Waals surface area contributed by atoms with Crippen LogP contribution < -0.4 is 19.9 Å². The molecule has 0 saturated carbocycles. The highest BCUT2D eigenvalue weighted by atomic mass is 16.5. The average Bonchev–Trinajstić information content (AvgIpc) is 4.19. The van der Waals surface area contributed by atoms with Crippen LogP contribution in [-0.2, 0) is 31.5 Å². The third kappa shape index (κ3) is 2.99. The van der Waals surface area contributed by atoms with E-state index in [4.69, 9.17) is 9.47 Å². The molecule has 1 spiro atoms. The molecular weight excluding hydrogens is 791 g/mol. The standard InChI is InChI=1S/C62H35NO2/c1-63-23-37-36-20-34-18-31-16-32-15-29-14-30-17-33-19-35-22-62(37,61(63)28-12-13-38(64-24-26-8-4-2-5-9-26)39(21-28)65-25-27-10-6-3-7-11-27)60-46(35)51-45(33)50-41(30)40(29)48-44(32)49-42(31)43(34)52-47(36)59(60)58-56(51)54(50)53(48)55(49)57(52)58/h2-17,19,21,37,61H,18,20,22-25H2,1H3. The summed E-state index contributed by atoms with van der Waals surface area (Å²) in [6.07, 6.45) is 3.23. The van der Waals surface area contributed by atoms with Gasteiger partial charge in [-0.25, -0.2) is 0 Å². The summed E-state index contributed by atoms with van der Waals surface area (Å²) in [5.41, 5.74) is 11.8. The van der Waals surface area contributed by atoms with Crippen molar-refractivity contribution in [2.75, 3.05) is 13.6 Å². The summed E-state index contributed by atoms with van der Waals surface area (Å²) < 4.78 is 13.5. The average molecular weight is 826 g/mol. The van der Waals surface area contributed by atoms with Crippen LogP contribution in [0.25, 0.3) is 130 Å². The molecule has 65 heavy (non-hydrogen) atoms. The van der Waals surface area contributed by atoms with E-state index in [-0.39, 0.29) is 11.5 Å². The number of nitrogens with zero attached hydrogens (tertiary/aromatic N) is 1. The van der Waals surface area contributed by atoms with Crippen LogP contribution in [0, 0.1) is 5.92 Å². The van der Waals surface area contributed by atoms with Gasteiger partial charge in [-0.1, -0.05) is 90.0 Å². The summed E-state index contributed by atoms with van der Waals surface area (Å²) in [5, 5.41) is 37.6. The van der Waals surface area contributed by atoms with Gasteiger partial charge in [-0.05, 0) is 219 Å². The van der Waals surface area contributed by atoms with Crippen LogP contribution in [0.4, 0.5) is 0 Å². The van der Waals surface area contributed by atoms with Crippen molar-refractivity contribution < 1.29 is 9.47 Å². The summed E-state index contributed by atoms with van der Waals surface area (Å²) in [4.78, 5) is 2.75. The second kappa shape index (κ2) is 9.59. The van der Waals surface area contributed by atoms with Crippen molar-refractivity contribution in [3.8, 4) is 11.5 Å². The lowest BCUT2D eigenvalue weighted by Gasteiger charge is -2.43. The molecule has 1 fully saturated rings. The molecule has 1 heterocycles. The van der Waals surface area contributed by atoms with E-state index in [0.29, 0.717) is 19.1 Å².